The molecule has 1 aliphatic rings. The third kappa shape index (κ3) is 3.05. The van der Waals surface area contributed by atoms with Crippen LogP contribution < -0.4 is 10.2 Å². The number of aromatic nitrogens is 1. The molecule has 0 radical (unpaired) electrons. The highest BCUT2D eigenvalue weighted by Crippen LogP contribution is 2.31. The summed E-state index contributed by atoms with van der Waals surface area (Å²) in [7, 11) is 0. The highest BCUT2D eigenvalue weighted by Gasteiger charge is 2.37. The molecule has 0 atom stereocenters. The van der Waals surface area contributed by atoms with Gasteiger partial charge in [-0.05, 0) is 54.4 Å². The highest BCUT2D eigenvalue weighted by molar-refractivity contribution is 6.34. The number of pyridine rings is 1. The van der Waals surface area contributed by atoms with E-state index >= 15 is 0 Å². The number of nitrogens with zero attached hydrogens (tertiary/aromatic N) is 2. The minimum absolute atomic E-state index is 0.283. The Balaban J connectivity index is 1.61. The topological polar surface area (TPSA) is 79.4 Å². The van der Waals surface area contributed by atoms with Crippen LogP contribution in [-0.2, 0) is 6.54 Å². The Bertz CT molecular complexity index is 1060. The average Bonchev–Trinajstić information content (AvgIpc) is 2.98. The van der Waals surface area contributed by atoms with Gasteiger partial charge in [0.2, 0.25) is 0 Å². The van der Waals surface area contributed by atoms with Gasteiger partial charge >= 0.3 is 0 Å². The number of carbonyl (C=O) groups is 3. The van der Waals surface area contributed by atoms with E-state index in [9.17, 15) is 14.4 Å². The van der Waals surface area contributed by atoms with E-state index in [2.05, 4.69) is 10.3 Å². The number of anilines is 1. The molecule has 0 saturated carbocycles. The van der Waals surface area contributed by atoms with Gasteiger partial charge in [0.15, 0.2) is 0 Å². The Morgan fingerprint density at radius 3 is 2.25 bits per heavy atom. The van der Waals surface area contributed by atoms with E-state index in [-0.39, 0.29) is 17.7 Å². The lowest BCUT2D eigenvalue weighted by molar-refractivity contribution is 0.0919. The molecule has 6 heteroatoms. The van der Waals surface area contributed by atoms with Crippen LogP contribution in [0.15, 0.2) is 67.0 Å². The number of nitrogens with one attached hydrogen (secondary N) is 1. The maximum Gasteiger partial charge on any atom is 0.266 e. The van der Waals surface area contributed by atoms with E-state index in [1.54, 1.807) is 61.8 Å². The molecule has 2 heterocycles. The maximum absolute atomic E-state index is 12.8. The summed E-state index contributed by atoms with van der Waals surface area (Å²) in [6.45, 7) is 2.16. The number of hydrogen-bond donors (Lipinski definition) is 1. The molecule has 0 aliphatic carbocycles. The molecule has 3 aromatic rings. The molecular formula is C22H17N3O3. The lowest BCUT2D eigenvalue weighted by Gasteiger charge is -2.18. The van der Waals surface area contributed by atoms with E-state index in [4.69, 9.17) is 0 Å². The van der Waals surface area contributed by atoms with Crippen LogP contribution in [0.2, 0.25) is 0 Å². The molecule has 138 valence electrons. The molecule has 6 nitrogen and oxygen atoms in total. The fourth-order valence-corrected chi connectivity index (χ4v) is 3.18. The van der Waals surface area contributed by atoms with Crippen molar-refractivity contribution in [3.63, 3.8) is 0 Å². The first-order valence-electron chi connectivity index (χ1n) is 8.82. The predicted octanol–water partition coefficient (Wildman–Crippen LogP) is 3.12. The summed E-state index contributed by atoms with van der Waals surface area (Å²) in [6, 6.07) is 15.4. The standard InChI is InChI=1S/C22H17N3O3/c1-14-6-7-16(20(26)24-13-15-8-10-23-11-9-15)12-19(14)25-21(27)17-4-2-3-5-18(17)22(25)28/h2-12H,13H2,1H3,(H,24,26). The van der Waals surface area contributed by atoms with Gasteiger partial charge in [0.25, 0.3) is 17.7 Å². The van der Waals surface area contributed by atoms with Gasteiger partial charge in [0.1, 0.15) is 0 Å². The number of carbonyl (C=O) groups excluding carboxylic acids is 3. The molecule has 1 N–H and O–H groups in total. The molecule has 28 heavy (non-hydrogen) atoms. The lowest BCUT2D eigenvalue weighted by Crippen LogP contribution is -2.30. The molecule has 4 rings (SSSR count). The van der Waals surface area contributed by atoms with Gasteiger partial charge in [-0.1, -0.05) is 18.2 Å². The molecule has 1 aliphatic heterocycles. The van der Waals surface area contributed by atoms with Crippen molar-refractivity contribution in [2.75, 3.05) is 4.90 Å². The van der Waals surface area contributed by atoms with Crippen LogP contribution in [0.1, 0.15) is 42.2 Å². The van der Waals surface area contributed by atoms with Crippen LogP contribution in [0.4, 0.5) is 5.69 Å². The molecular weight excluding hydrogens is 354 g/mol. The fraction of sp³-hybridized carbons (Fsp3) is 0.0909. The van der Waals surface area contributed by atoms with Gasteiger partial charge in [-0.15, -0.1) is 0 Å². The predicted molar refractivity (Wildman–Crippen MR) is 104 cm³/mol. The Morgan fingerprint density at radius 1 is 0.964 bits per heavy atom. The van der Waals surface area contributed by atoms with E-state index in [0.29, 0.717) is 28.9 Å². The minimum atomic E-state index is -0.377. The van der Waals surface area contributed by atoms with E-state index in [1.807, 2.05) is 12.1 Å². The van der Waals surface area contributed by atoms with E-state index < -0.39 is 0 Å². The number of hydrogen-bond acceptors (Lipinski definition) is 4. The van der Waals surface area contributed by atoms with Gasteiger partial charge in [-0.2, -0.15) is 0 Å². The van der Waals surface area contributed by atoms with Crippen molar-refractivity contribution >= 4 is 23.4 Å². The quantitative estimate of drug-likeness (QED) is 0.715. The van der Waals surface area contributed by atoms with Crippen molar-refractivity contribution in [1.82, 2.24) is 10.3 Å². The summed E-state index contributed by atoms with van der Waals surface area (Å²) in [5.74, 6) is -1.04. The van der Waals surface area contributed by atoms with Crippen LogP contribution in [0.25, 0.3) is 0 Å². The number of aryl methyl sites for hydroxylation is 1. The summed E-state index contributed by atoms with van der Waals surface area (Å²) < 4.78 is 0. The number of benzene rings is 2. The SMILES string of the molecule is Cc1ccc(C(=O)NCc2ccncc2)cc1N1C(=O)c2ccccc2C1=O. The first-order chi connectivity index (χ1) is 13.6. The highest BCUT2D eigenvalue weighted by atomic mass is 16.2. The smallest absolute Gasteiger partial charge is 0.266 e. The third-order valence-corrected chi connectivity index (χ3v) is 4.71. The zero-order valence-corrected chi connectivity index (χ0v) is 15.2. The summed E-state index contributed by atoms with van der Waals surface area (Å²) in [5.41, 5.74) is 3.21. The molecule has 0 bridgehead atoms. The van der Waals surface area contributed by atoms with Crippen LogP contribution in [0.3, 0.4) is 0 Å². The monoisotopic (exact) mass is 371 g/mol. The van der Waals surface area contributed by atoms with Crippen LogP contribution in [0.5, 0.6) is 0 Å². The van der Waals surface area contributed by atoms with Gasteiger partial charge in [-0.3, -0.25) is 19.4 Å². The first-order valence-corrected chi connectivity index (χ1v) is 8.82. The molecule has 0 unspecified atom stereocenters. The first kappa shape index (κ1) is 17.6. The normalized spacial score (nSPS) is 12.8. The van der Waals surface area contributed by atoms with E-state index in [0.717, 1.165) is 16.0 Å². The lowest BCUT2D eigenvalue weighted by atomic mass is 10.1. The van der Waals surface area contributed by atoms with Crippen molar-refractivity contribution in [3.05, 3.63) is 94.8 Å². The number of amides is 3. The Labute approximate surface area is 161 Å². The second-order valence-corrected chi connectivity index (χ2v) is 6.53. The third-order valence-electron chi connectivity index (χ3n) is 4.71. The van der Waals surface area contributed by atoms with Gasteiger partial charge in [-0.25, -0.2) is 4.90 Å². The van der Waals surface area contributed by atoms with Gasteiger partial charge in [0.05, 0.1) is 16.8 Å². The number of rotatable bonds is 4. The van der Waals surface area contributed by atoms with Gasteiger partial charge < -0.3 is 5.32 Å². The van der Waals surface area contributed by atoms with Crippen LogP contribution in [-0.4, -0.2) is 22.7 Å². The van der Waals surface area contributed by atoms with Crippen molar-refractivity contribution in [2.45, 2.75) is 13.5 Å². The molecule has 0 saturated heterocycles. The molecule has 0 spiro atoms. The molecule has 1 aromatic heterocycles. The Kier molecular flexibility index (Phi) is 4.45. The van der Waals surface area contributed by atoms with Crippen molar-refractivity contribution in [1.29, 1.82) is 0 Å². The maximum atomic E-state index is 12.8. The zero-order valence-electron chi connectivity index (χ0n) is 15.2. The number of imide groups is 1. The minimum Gasteiger partial charge on any atom is -0.348 e. The van der Waals surface area contributed by atoms with Crippen molar-refractivity contribution < 1.29 is 14.4 Å². The summed E-state index contributed by atoms with van der Waals surface area (Å²) >= 11 is 0. The van der Waals surface area contributed by atoms with E-state index in [1.165, 1.54) is 0 Å². The second kappa shape index (κ2) is 7.08. The zero-order chi connectivity index (χ0) is 19.7. The Hall–Kier alpha value is -3.80. The average molecular weight is 371 g/mol. The van der Waals surface area contributed by atoms with Crippen LogP contribution in [0, 0.1) is 6.92 Å². The summed E-state index contributed by atoms with van der Waals surface area (Å²) in [5, 5.41) is 2.84. The number of fused-ring (bicyclic) bond motifs is 1. The molecule has 0 fully saturated rings. The molecule has 3 amide bonds. The fourth-order valence-electron chi connectivity index (χ4n) is 3.18. The van der Waals surface area contributed by atoms with Crippen molar-refractivity contribution in [2.24, 2.45) is 0 Å². The van der Waals surface area contributed by atoms with Crippen molar-refractivity contribution in [3.8, 4) is 0 Å². The van der Waals surface area contributed by atoms with Gasteiger partial charge in [0, 0.05) is 24.5 Å². The van der Waals surface area contributed by atoms with Crippen LogP contribution >= 0.6 is 0 Å². The summed E-state index contributed by atoms with van der Waals surface area (Å²) in [4.78, 5) is 43.1. The summed E-state index contributed by atoms with van der Waals surface area (Å²) in [6.07, 6.45) is 3.32. The molecule has 2 aromatic carbocycles. The largest absolute Gasteiger partial charge is 0.348 e. The second-order valence-electron chi connectivity index (χ2n) is 6.53. The Morgan fingerprint density at radius 2 is 1.61 bits per heavy atom.